The van der Waals surface area contributed by atoms with E-state index in [0.29, 0.717) is 12.2 Å². The van der Waals surface area contributed by atoms with Crippen LogP contribution >= 0.6 is 0 Å². The Morgan fingerprint density at radius 1 is 1.20 bits per heavy atom. The molecule has 2 rings (SSSR count). The van der Waals surface area contributed by atoms with Gasteiger partial charge < -0.3 is 4.74 Å². The summed E-state index contributed by atoms with van der Waals surface area (Å²) in [4.78, 5) is 0. The van der Waals surface area contributed by atoms with E-state index in [4.69, 9.17) is 4.74 Å². The van der Waals surface area contributed by atoms with Crippen LogP contribution in [0.3, 0.4) is 0 Å². The predicted molar refractivity (Wildman–Crippen MR) is 39.7 cm³/mol. The highest BCUT2D eigenvalue weighted by molar-refractivity contribution is 5.21. The van der Waals surface area contributed by atoms with E-state index in [2.05, 4.69) is 19.1 Å². The Balaban J connectivity index is 2.20. The van der Waals surface area contributed by atoms with Gasteiger partial charge in [-0.2, -0.15) is 0 Å². The first-order valence-corrected chi connectivity index (χ1v) is 3.58. The Labute approximate surface area is 60.6 Å². The van der Waals surface area contributed by atoms with Crippen molar-refractivity contribution in [2.75, 3.05) is 0 Å². The fraction of sp³-hybridized carbons (Fsp3) is 0.333. The topological polar surface area (TPSA) is 12.5 Å². The van der Waals surface area contributed by atoms with Crippen molar-refractivity contribution in [1.29, 1.82) is 0 Å². The van der Waals surface area contributed by atoms with Gasteiger partial charge in [-0.3, -0.25) is 0 Å². The second-order valence-electron chi connectivity index (χ2n) is 2.67. The van der Waals surface area contributed by atoms with Gasteiger partial charge in [-0.1, -0.05) is 30.3 Å². The Kier molecular flexibility index (Phi) is 1.24. The van der Waals surface area contributed by atoms with Gasteiger partial charge in [0.2, 0.25) is 0 Å². The van der Waals surface area contributed by atoms with Gasteiger partial charge in [-0.05, 0) is 12.5 Å². The van der Waals surface area contributed by atoms with Crippen molar-refractivity contribution in [3.8, 4) is 0 Å². The zero-order valence-corrected chi connectivity index (χ0v) is 5.95. The molecule has 0 spiro atoms. The molecule has 1 aromatic rings. The molecule has 1 aliphatic rings. The number of benzene rings is 1. The van der Waals surface area contributed by atoms with E-state index in [1.165, 1.54) is 5.56 Å². The summed E-state index contributed by atoms with van der Waals surface area (Å²) in [5, 5.41) is 0. The SMILES string of the molecule is C[C@H]1OC1c1ccccc1. The minimum Gasteiger partial charge on any atom is -0.365 e. The fourth-order valence-corrected chi connectivity index (χ4v) is 1.18. The molecular formula is C9H10O. The maximum atomic E-state index is 5.30. The number of epoxide rings is 1. The number of rotatable bonds is 1. The molecule has 10 heavy (non-hydrogen) atoms. The first-order valence-electron chi connectivity index (χ1n) is 3.58. The zero-order chi connectivity index (χ0) is 6.97. The highest BCUT2D eigenvalue weighted by Crippen LogP contribution is 2.37. The van der Waals surface area contributed by atoms with Crippen LogP contribution in [0.15, 0.2) is 30.3 Å². The monoisotopic (exact) mass is 134 g/mol. The quantitative estimate of drug-likeness (QED) is 0.536. The van der Waals surface area contributed by atoms with Gasteiger partial charge >= 0.3 is 0 Å². The van der Waals surface area contributed by atoms with E-state index < -0.39 is 0 Å². The van der Waals surface area contributed by atoms with Gasteiger partial charge in [-0.25, -0.2) is 0 Å². The predicted octanol–water partition coefficient (Wildman–Crippen LogP) is 2.15. The van der Waals surface area contributed by atoms with Crippen molar-refractivity contribution in [2.24, 2.45) is 0 Å². The van der Waals surface area contributed by atoms with Crippen LogP contribution in [0.25, 0.3) is 0 Å². The molecule has 0 N–H and O–H groups in total. The molecule has 1 saturated heterocycles. The van der Waals surface area contributed by atoms with Crippen LogP contribution in [0.4, 0.5) is 0 Å². The first-order chi connectivity index (χ1) is 4.88. The van der Waals surface area contributed by atoms with Crippen molar-refractivity contribution in [3.63, 3.8) is 0 Å². The summed E-state index contributed by atoms with van der Waals surface area (Å²) in [7, 11) is 0. The van der Waals surface area contributed by atoms with Gasteiger partial charge in [0, 0.05) is 0 Å². The summed E-state index contributed by atoms with van der Waals surface area (Å²) in [5.41, 5.74) is 1.30. The Bertz CT molecular complexity index is 217. The average molecular weight is 134 g/mol. The molecule has 0 aliphatic carbocycles. The molecular weight excluding hydrogens is 124 g/mol. The van der Waals surface area contributed by atoms with E-state index in [9.17, 15) is 0 Å². The van der Waals surface area contributed by atoms with E-state index in [1.54, 1.807) is 0 Å². The lowest BCUT2D eigenvalue weighted by Crippen LogP contribution is -1.80. The summed E-state index contributed by atoms with van der Waals surface area (Å²) in [6, 6.07) is 10.3. The van der Waals surface area contributed by atoms with Crippen LogP contribution in [0.5, 0.6) is 0 Å². The highest BCUT2D eigenvalue weighted by atomic mass is 16.6. The van der Waals surface area contributed by atoms with Crippen molar-refractivity contribution in [2.45, 2.75) is 19.1 Å². The molecule has 1 aromatic carbocycles. The molecule has 0 saturated carbocycles. The van der Waals surface area contributed by atoms with Gasteiger partial charge in [0.15, 0.2) is 0 Å². The van der Waals surface area contributed by atoms with Crippen LogP contribution in [0, 0.1) is 0 Å². The van der Waals surface area contributed by atoms with Gasteiger partial charge in [0.05, 0.1) is 6.10 Å². The van der Waals surface area contributed by atoms with Crippen molar-refractivity contribution < 1.29 is 4.74 Å². The maximum Gasteiger partial charge on any atom is 0.109 e. The third kappa shape index (κ3) is 0.929. The lowest BCUT2D eigenvalue weighted by Gasteiger charge is -1.90. The molecule has 0 bridgehead atoms. The largest absolute Gasteiger partial charge is 0.365 e. The van der Waals surface area contributed by atoms with Crippen molar-refractivity contribution >= 4 is 0 Å². The van der Waals surface area contributed by atoms with Crippen molar-refractivity contribution in [3.05, 3.63) is 35.9 Å². The van der Waals surface area contributed by atoms with Gasteiger partial charge in [-0.15, -0.1) is 0 Å². The molecule has 1 unspecified atom stereocenters. The highest BCUT2D eigenvalue weighted by Gasteiger charge is 2.35. The second-order valence-corrected chi connectivity index (χ2v) is 2.67. The Morgan fingerprint density at radius 3 is 2.30 bits per heavy atom. The van der Waals surface area contributed by atoms with Crippen LogP contribution in [-0.2, 0) is 4.74 Å². The Morgan fingerprint density at radius 2 is 1.80 bits per heavy atom. The lowest BCUT2D eigenvalue weighted by molar-refractivity contribution is 0.383. The molecule has 1 nitrogen and oxygen atoms in total. The summed E-state index contributed by atoms with van der Waals surface area (Å²) >= 11 is 0. The zero-order valence-electron chi connectivity index (χ0n) is 5.95. The van der Waals surface area contributed by atoms with Gasteiger partial charge in [0.25, 0.3) is 0 Å². The number of hydrogen-bond donors (Lipinski definition) is 0. The average Bonchev–Trinajstić information content (AvgIpc) is 2.69. The standard InChI is InChI=1S/C9H10O/c1-7-9(10-7)8-5-3-2-4-6-8/h2-7,9H,1H3/t7-,9?/m1/s1. The van der Waals surface area contributed by atoms with E-state index in [1.807, 2.05) is 18.2 Å². The first kappa shape index (κ1) is 5.93. The summed E-state index contributed by atoms with van der Waals surface area (Å²) < 4.78 is 5.30. The van der Waals surface area contributed by atoms with Crippen LogP contribution < -0.4 is 0 Å². The number of hydrogen-bond acceptors (Lipinski definition) is 1. The molecule has 0 aromatic heterocycles. The summed E-state index contributed by atoms with van der Waals surface area (Å²) in [6.07, 6.45) is 0.809. The van der Waals surface area contributed by atoms with E-state index >= 15 is 0 Å². The fourth-order valence-electron chi connectivity index (χ4n) is 1.18. The van der Waals surface area contributed by atoms with Crippen LogP contribution in [-0.4, -0.2) is 6.10 Å². The van der Waals surface area contributed by atoms with Crippen LogP contribution in [0.2, 0.25) is 0 Å². The minimum absolute atomic E-state index is 0.376. The Hall–Kier alpha value is -0.820. The maximum absolute atomic E-state index is 5.30. The molecule has 0 amide bonds. The molecule has 1 fully saturated rings. The molecule has 0 radical (unpaired) electrons. The molecule has 1 heteroatoms. The second kappa shape index (κ2) is 2.10. The third-order valence-electron chi connectivity index (χ3n) is 1.84. The normalized spacial score (nSPS) is 30.1. The smallest absolute Gasteiger partial charge is 0.109 e. The number of ether oxygens (including phenoxy) is 1. The third-order valence-corrected chi connectivity index (χ3v) is 1.84. The van der Waals surface area contributed by atoms with Crippen molar-refractivity contribution in [1.82, 2.24) is 0 Å². The molecule has 1 heterocycles. The van der Waals surface area contributed by atoms with Gasteiger partial charge in [0.1, 0.15) is 6.10 Å². The van der Waals surface area contributed by atoms with E-state index in [-0.39, 0.29) is 0 Å². The minimum atomic E-state index is 0.376. The molecule has 1 aliphatic heterocycles. The molecule has 2 atom stereocenters. The lowest BCUT2D eigenvalue weighted by atomic mass is 10.1. The summed E-state index contributed by atoms with van der Waals surface area (Å²) in [5.74, 6) is 0. The summed E-state index contributed by atoms with van der Waals surface area (Å²) in [6.45, 7) is 2.09. The van der Waals surface area contributed by atoms with E-state index in [0.717, 1.165) is 0 Å². The van der Waals surface area contributed by atoms with Crippen LogP contribution in [0.1, 0.15) is 18.6 Å². The molecule has 52 valence electrons.